The van der Waals surface area contributed by atoms with Crippen molar-refractivity contribution < 1.29 is 17.9 Å². The molecule has 5 nitrogen and oxygen atoms in total. The number of aliphatic hydroxyl groups is 1. The summed E-state index contributed by atoms with van der Waals surface area (Å²) in [5.41, 5.74) is 3.01. The van der Waals surface area contributed by atoms with E-state index in [0.717, 1.165) is 18.2 Å². The monoisotopic (exact) mass is 290 g/mol. The summed E-state index contributed by atoms with van der Waals surface area (Å²) in [4.78, 5) is -0.276. The summed E-state index contributed by atoms with van der Waals surface area (Å²) < 4.78 is 39.9. The Balaban J connectivity index is 3.19. The van der Waals surface area contributed by atoms with Gasteiger partial charge in [-0.3, -0.25) is 0 Å². The Morgan fingerprint density at radius 1 is 1.21 bits per heavy atom. The summed E-state index contributed by atoms with van der Waals surface area (Å²) in [6, 6.07) is 3.06. The van der Waals surface area contributed by atoms with Crippen LogP contribution in [0.5, 0.6) is 0 Å². The lowest BCUT2D eigenvalue weighted by Crippen LogP contribution is -2.57. The number of hydrogen-bond acceptors (Lipinski definition) is 4. The van der Waals surface area contributed by atoms with Crippen LogP contribution in [0.15, 0.2) is 23.1 Å². The van der Waals surface area contributed by atoms with E-state index in [-0.39, 0.29) is 10.6 Å². The van der Waals surface area contributed by atoms with Gasteiger partial charge >= 0.3 is 0 Å². The fourth-order valence-electron chi connectivity index (χ4n) is 1.26. The van der Waals surface area contributed by atoms with Crippen molar-refractivity contribution in [2.45, 2.75) is 43.7 Å². The average molecular weight is 290 g/mol. The molecule has 0 spiro atoms. The summed E-state index contributed by atoms with van der Waals surface area (Å²) in [5.74, 6) is -0.735. The third-order valence-electron chi connectivity index (χ3n) is 3.12. The second-order valence-electron chi connectivity index (χ2n) is 5.51. The minimum absolute atomic E-state index is 0.0152. The van der Waals surface area contributed by atoms with Crippen LogP contribution in [-0.4, -0.2) is 24.7 Å². The zero-order chi connectivity index (χ0) is 15.1. The molecule has 0 saturated heterocycles. The molecular formula is C12H19FN2O3S. The van der Waals surface area contributed by atoms with E-state index in [1.54, 1.807) is 0 Å². The first kappa shape index (κ1) is 15.9. The van der Waals surface area contributed by atoms with E-state index in [0.29, 0.717) is 0 Å². The quantitative estimate of drug-likeness (QED) is 0.727. The highest BCUT2D eigenvalue weighted by Crippen LogP contribution is 2.24. The molecule has 0 aromatic heterocycles. The van der Waals surface area contributed by atoms with E-state index >= 15 is 0 Å². The molecule has 0 heterocycles. The molecule has 108 valence electrons. The summed E-state index contributed by atoms with van der Waals surface area (Å²) in [6.45, 7) is 6.03. The minimum Gasteiger partial charge on any atom is -0.399 e. The van der Waals surface area contributed by atoms with E-state index in [2.05, 4.69) is 4.72 Å². The van der Waals surface area contributed by atoms with Gasteiger partial charge in [0.15, 0.2) is 0 Å². The third-order valence-corrected chi connectivity index (χ3v) is 4.76. The van der Waals surface area contributed by atoms with Crippen molar-refractivity contribution in [2.24, 2.45) is 0 Å². The zero-order valence-corrected chi connectivity index (χ0v) is 12.2. The fraction of sp³-hybridized carbons (Fsp3) is 0.500. The maximum atomic E-state index is 13.2. The van der Waals surface area contributed by atoms with Crippen LogP contribution in [0, 0.1) is 5.82 Å². The van der Waals surface area contributed by atoms with Gasteiger partial charge in [0.1, 0.15) is 5.82 Å². The molecule has 0 atom stereocenters. The number of halogens is 1. The minimum atomic E-state index is -3.98. The first-order valence-corrected chi connectivity index (χ1v) is 7.16. The van der Waals surface area contributed by atoms with Crippen molar-refractivity contribution in [1.29, 1.82) is 0 Å². The molecule has 0 radical (unpaired) electrons. The van der Waals surface area contributed by atoms with Gasteiger partial charge in [0, 0.05) is 5.69 Å². The van der Waals surface area contributed by atoms with E-state index in [4.69, 9.17) is 5.73 Å². The Hall–Kier alpha value is -1.18. The van der Waals surface area contributed by atoms with Gasteiger partial charge in [-0.2, -0.15) is 0 Å². The molecule has 0 aliphatic heterocycles. The molecule has 7 heteroatoms. The van der Waals surface area contributed by atoms with Gasteiger partial charge in [-0.15, -0.1) is 0 Å². The number of nitrogen functional groups attached to an aromatic ring is 1. The second-order valence-corrected chi connectivity index (χ2v) is 7.19. The average Bonchev–Trinajstić information content (AvgIpc) is 2.12. The summed E-state index contributed by atoms with van der Waals surface area (Å²) in [6.07, 6.45) is 0. The Morgan fingerprint density at radius 2 is 1.74 bits per heavy atom. The topological polar surface area (TPSA) is 92.4 Å². The number of rotatable bonds is 4. The van der Waals surface area contributed by atoms with Crippen LogP contribution in [0.3, 0.4) is 0 Å². The largest absolute Gasteiger partial charge is 0.399 e. The number of nitrogens with two attached hydrogens (primary N) is 1. The molecule has 0 aliphatic carbocycles. The maximum absolute atomic E-state index is 13.2. The molecular weight excluding hydrogens is 271 g/mol. The van der Waals surface area contributed by atoms with Gasteiger partial charge in [0.2, 0.25) is 10.0 Å². The standard InChI is InChI=1S/C12H19FN2O3S/c1-11(2,12(3,4)16)15-19(17,18)10-6-8(13)5-9(14)7-10/h5-7,15-16H,14H2,1-4H3. The van der Waals surface area contributed by atoms with Crippen LogP contribution in [0.1, 0.15) is 27.7 Å². The van der Waals surface area contributed by atoms with Gasteiger partial charge in [-0.1, -0.05) is 0 Å². The molecule has 0 bridgehead atoms. The lowest BCUT2D eigenvalue weighted by molar-refractivity contribution is 0.00639. The molecule has 0 unspecified atom stereocenters. The zero-order valence-electron chi connectivity index (χ0n) is 11.4. The third kappa shape index (κ3) is 3.65. The predicted molar refractivity (Wildman–Crippen MR) is 71.5 cm³/mol. The van der Waals surface area contributed by atoms with Crippen molar-refractivity contribution in [3.63, 3.8) is 0 Å². The van der Waals surface area contributed by atoms with Crippen LogP contribution in [0.2, 0.25) is 0 Å². The van der Waals surface area contributed by atoms with Gasteiger partial charge in [0.25, 0.3) is 0 Å². The van der Waals surface area contributed by atoms with Crippen molar-refractivity contribution in [2.75, 3.05) is 5.73 Å². The van der Waals surface area contributed by atoms with Gasteiger partial charge in [-0.25, -0.2) is 17.5 Å². The number of sulfonamides is 1. The molecule has 1 rings (SSSR count). The Bertz CT molecular complexity index is 557. The first-order valence-electron chi connectivity index (χ1n) is 5.67. The summed E-state index contributed by atoms with van der Waals surface area (Å²) >= 11 is 0. The van der Waals surface area contributed by atoms with Gasteiger partial charge < -0.3 is 10.8 Å². The summed E-state index contributed by atoms with van der Waals surface area (Å²) in [5, 5.41) is 9.94. The SMILES string of the molecule is CC(C)(O)C(C)(C)NS(=O)(=O)c1cc(N)cc(F)c1. The number of benzene rings is 1. The Morgan fingerprint density at radius 3 is 2.16 bits per heavy atom. The molecule has 1 aromatic rings. The summed E-state index contributed by atoms with van der Waals surface area (Å²) in [7, 11) is -3.98. The van der Waals surface area contributed by atoms with Crippen molar-refractivity contribution >= 4 is 15.7 Å². The highest BCUT2D eigenvalue weighted by Gasteiger charge is 2.38. The Kier molecular flexibility index (Phi) is 3.96. The highest BCUT2D eigenvalue weighted by atomic mass is 32.2. The van der Waals surface area contributed by atoms with Crippen LogP contribution in [-0.2, 0) is 10.0 Å². The molecule has 4 N–H and O–H groups in total. The smallest absolute Gasteiger partial charge is 0.241 e. The first-order chi connectivity index (χ1) is 8.35. The number of hydrogen-bond donors (Lipinski definition) is 3. The van der Waals surface area contributed by atoms with E-state index in [9.17, 15) is 17.9 Å². The normalized spacial score (nSPS) is 13.6. The molecule has 0 saturated carbocycles. The van der Waals surface area contributed by atoms with Crippen LogP contribution >= 0.6 is 0 Å². The Labute approximate surface area is 112 Å². The van der Waals surface area contributed by atoms with Crippen molar-refractivity contribution in [3.8, 4) is 0 Å². The molecule has 19 heavy (non-hydrogen) atoms. The van der Waals surface area contributed by atoms with Crippen molar-refractivity contribution in [1.82, 2.24) is 4.72 Å². The lowest BCUT2D eigenvalue weighted by Gasteiger charge is -2.37. The van der Waals surface area contributed by atoms with E-state index in [1.165, 1.54) is 27.7 Å². The highest BCUT2D eigenvalue weighted by molar-refractivity contribution is 7.89. The maximum Gasteiger partial charge on any atom is 0.241 e. The molecule has 0 amide bonds. The van der Waals surface area contributed by atoms with Crippen molar-refractivity contribution in [3.05, 3.63) is 24.0 Å². The van der Waals surface area contributed by atoms with Gasteiger partial charge in [0.05, 0.1) is 16.0 Å². The molecule has 0 aliphatic rings. The predicted octanol–water partition coefficient (Wildman–Crippen LogP) is 1.24. The van der Waals surface area contributed by atoms with Crippen LogP contribution < -0.4 is 10.5 Å². The van der Waals surface area contributed by atoms with Crippen LogP contribution in [0.25, 0.3) is 0 Å². The number of anilines is 1. The van der Waals surface area contributed by atoms with Gasteiger partial charge in [-0.05, 0) is 45.9 Å². The lowest BCUT2D eigenvalue weighted by atomic mass is 9.87. The number of nitrogens with one attached hydrogen (secondary N) is 1. The van der Waals surface area contributed by atoms with Crippen LogP contribution in [0.4, 0.5) is 10.1 Å². The second kappa shape index (κ2) is 4.73. The molecule has 1 aromatic carbocycles. The van der Waals surface area contributed by atoms with E-state index in [1.807, 2.05) is 0 Å². The van der Waals surface area contributed by atoms with E-state index < -0.39 is 27.0 Å². The molecule has 0 fully saturated rings. The fourth-order valence-corrected chi connectivity index (χ4v) is 2.86.